The molecule has 0 heterocycles. The number of hydrogen-bond acceptors (Lipinski definition) is 5. The van der Waals surface area contributed by atoms with Crippen LogP contribution in [0.2, 0.25) is 0 Å². The molecule has 1 atom stereocenters. The normalized spacial score (nSPS) is 13.3. The summed E-state index contributed by atoms with van der Waals surface area (Å²) in [7, 11) is 0. The highest BCUT2D eigenvalue weighted by Gasteiger charge is 2.16. The number of rotatable bonds is 57. The summed E-state index contributed by atoms with van der Waals surface area (Å²) in [5, 5.41) is 9.68. The zero-order valence-electron chi connectivity index (χ0n) is 50.4. The van der Waals surface area contributed by atoms with Crippen LogP contribution >= 0.6 is 0 Å². The Labute approximate surface area is 481 Å². The lowest BCUT2D eigenvalue weighted by atomic mass is 10.0. The number of carbonyl (C=O) groups is 2. The van der Waals surface area contributed by atoms with Crippen molar-refractivity contribution in [1.29, 1.82) is 0 Å². The maximum atomic E-state index is 12.3. The first-order chi connectivity index (χ1) is 38.6. The van der Waals surface area contributed by atoms with Gasteiger partial charge in [0.1, 0.15) is 6.61 Å². The number of aliphatic hydroxyl groups excluding tert-OH is 1. The standard InChI is InChI=1S/C73H118O5/c1-3-5-7-9-11-13-15-17-19-21-23-25-27-29-30-31-32-33-34-35-36-37-38-39-40-41-42-44-46-48-50-52-54-56-58-60-62-64-66-68-73(76)78-71(69-74)70-77-72(75)67-65-63-61-59-57-55-53-51-49-47-45-43-28-26-24-22-20-18-16-14-12-10-8-6-4-2/h5-8,11-14,17-20,23-26,29-30,32-33,35-36,38-39,41-42,71,74H,3-4,9-10,15-16,21-22,27-28,31,34,37,40,43-70H2,1-2H3/b7-5-,8-6-,13-11-,14-12-,19-17-,20-18-,25-23-,26-24-,30-29-,33-32-,36-35-,39-38-,42-41-. The summed E-state index contributed by atoms with van der Waals surface area (Å²) in [5.41, 5.74) is 0. The van der Waals surface area contributed by atoms with E-state index < -0.39 is 6.10 Å². The molecule has 0 radical (unpaired) electrons. The molecule has 0 saturated heterocycles. The summed E-state index contributed by atoms with van der Waals surface area (Å²) in [5.74, 6) is -0.600. The third kappa shape index (κ3) is 64.0. The molecule has 1 unspecified atom stereocenters. The van der Waals surface area contributed by atoms with Crippen molar-refractivity contribution >= 4 is 11.9 Å². The fourth-order valence-electron chi connectivity index (χ4n) is 8.60. The Morgan fingerprint density at radius 2 is 0.513 bits per heavy atom. The SMILES string of the molecule is CC/C=C\C/C=C\C/C=C\C/C=C\C/C=C\C/C=C\C/C=C\C/C=C\C/C=C\CCCCCCCCCCCCCC(=O)OC(CO)COC(=O)CCCCCCCCCCCCCC/C=C\C/C=C\C/C=C\C/C=C\CC. The van der Waals surface area contributed by atoms with Crippen molar-refractivity contribution in [3.63, 3.8) is 0 Å². The van der Waals surface area contributed by atoms with Gasteiger partial charge in [-0.3, -0.25) is 9.59 Å². The Hall–Kier alpha value is -4.48. The highest BCUT2D eigenvalue weighted by atomic mass is 16.6. The number of ether oxygens (including phenoxy) is 2. The zero-order valence-corrected chi connectivity index (χ0v) is 50.4. The lowest BCUT2D eigenvalue weighted by Crippen LogP contribution is -2.28. The molecule has 0 rings (SSSR count). The topological polar surface area (TPSA) is 72.8 Å². The summed E-state index contributed by atoms with van der Waals surface area (Å²) >= 11 is 0. The minimum absolute atomic E-state index is 0.0754. The molecule has 0 bridgehead atoms. The van der Waals surface area contributed by atoms with Gasteiger partial charge in [-0.25, -0.2) is 0 Å². The van der Waals surface area contributed by atoms with Gasteiger partial charge in [-0.1, -0.05) is 294 Å². The van der Waals surface area contributed by atoms with Gasteiger partial charge in [-0.2, -0.15) is 0 Å². The number of hydrogen-bond donors (Lipinski definition) is 1. The van der Waals surface area contributed by atoms with Gasteiger partial charge in [0.25, 0.3) is 0 Å². The molecular weight excluding hydrogens is 957 g/mol. The van der Waals surface area contributed by atoms with Gasteiger partial charge in [0.05, 0.1) is 6.61 Å². The van der Waals surface area contributed by atoms with E-state index in [9.17, 15) is 14.7 Å². The quantitative estimate of drug-likeness (QED) is 0.0373. The van der Waals surface area contributed by atoms with Gasteiger partial charge in [-0.15, -0.1) is 0 Å². The molecule has 0 aliphatic rings. The van der Waals surface area contributed by atoms with E-state index in [0.717, 1.165) is 122 Å². The molecule has 440 valence electrons. The molecule has 78 heavy (non-hydrogen) atoms. The second-order valence-electron chi connectivity index (χ2n) is 20.7. The van der Waals surface area contributed by atoms with Crippen molar-refractivity contribution in [3.05, 3.63) is 158 Å². The minimum atomic E-state index is -0.786. The summed E-state index contributed by atoms with van der Waals surface area (Å²) in [6.07, 6.45) is 102. The minimum Gasteiger partial charge on any atom is -0.462 e. The van der Waals surface area contributed by atoms with Crippen LogP contribution in [0.4, 0.5) is 0 Å². The molecule has 0 amide bonds. The zero-order chi connectivity index (χ0) is 56.2. The lowest BCUT2D eigenvalue weighted by Gasteiger charge is -2.15. The van der Waals surface area contributed by atoms with E-state index >= 15 is 0 Å². The van der Waals surface area contributed by atoms with Crippen LogP contribution in [-0.2, 0) is 19.1 Å². The van der Waals surface area contributed by atoms with Gasteiger partial charge < -0.3 is 14.6 Å². The molecule has 0 aromatic rings. The van der Waals surface area contributed by atoms with E-state index in [4.69, 9.17) is 9.47 Å². The van der Waals surface area contributed by atoms with E-state index in [1.807, 2.05) is 0 Å². The lowest BCUT2D eigenvalue weighted by molar-refractivity contribution is -0.161. The van der Waals surface area contributed by atoms with Crippen LogP contribution in [0.15, 0.2) is 158 Å². The van der Waals surface area contributed by atoms with Crippen LogP contribution < -0.4 is 0 Å². The van der Waals surface area contributed by atoms with Crippen LogP contribution in [0.1, 0.15) is 271 Å². The van der Waals surface area contributed by atoms with Gasteiger partial charge in [0.15, 0.2) is 6.10 Å². The largest absolute Gasteiger partial charge is 0.462 e. The molecule has 0 spiro atoms. The number of esters is 2. The monoisotopic (exact) mass is 1070 g/mol. The van der Waals surface area contributed by atoms with Gasteiger partial charge in [0, 0.05) is 12.8 Å². The van der Waals surface area contributed by atoms with E-state index in [1.54, 1.807) is 0 Å². The summed E-state index contributed by atoms with van der Waals surface area (Å²) in [4.78, 5) is 24.6. The average molecular weight is 1080 g/mol. The second-order valence-corrected chi connectivity index (χ2v) is 20.7. The number of aliphatic hydroxyl groups is 1. The highest BCUT2D eigenvalue weighted by molar-refractivity contribution is 5.70. The molecule has 0 saturated carbocycles. The molecule has 5 nitrogen and oxygen atoms in total. The first kappa shape index (κ1) is 73.5. The molecule has 0 aliphatic carbocycles. The molecule has 0 aromatic carbocycles. The summed E-state index contributed by atoms with van der Waals surface area (Å²) in [6.45, 7) is 3.92. The summed E-state index contributed by atoms with van der Waals surface area (Å²) in [6, 6.07) is 0. The van der Waals surface area contributed by atoms with Crippen molar-refractivity contribution in [2.75, 3.05) is 13.2 Å². The van der Waals surface area contributed by atoms with E-state index in [-0.39, 0.29) is 25.2 Å². The van der Waals surface area contributed by atoms with Crippen LogP contribution in [0.25, 0.3) is 0 Å². The number of carbonyl (C=O) groups excluding carboxylic acids is 2. The van der Waals surface area contributed by atoms with Crippen LogP contribution in [0.3, 0.4) is 0 Å². The van der Waals surface area contributed by atoms with Crippen molar-refractivity contribution in [2.24, 2.45) is 0 Å². The summed E-state index contributed by atoms with van der Waals surface area (Å²) < 4.78 is 10.7. The van der Waals surface area contributed by atoms with E-state index in [1.165, 1.54) is 122 Å². The third-order valence-electron chi connectivity index (χ3n) is 13.3. The molecular formula is C73H118O5. The van der Waals surface area contributed by atoms with Gasteiger partial charge >= 0.3 is 11.9 Å². The molecule has 0 aromatic heterocycles. The Bertz CT molecular complexity index is 1690. The third-order valence-corrected chi connectivity index (χ3v) is 13.3. The van der Waals surface area contributed by atoms with Crippen molar-refractivity contribution in [2.45, 2.75) is 277 Å². The van der Waals surface area contributed by atoms with Crippen LogP contribution in [0, 0.1) is 0 Å². The van der Waals surface area contributed by atoms with E-state index in [0.29, 0.717) is 12.8 Å². The van der Waals surface area contributed by atoms with Crippen molar-refractivity contribution in [3.8, 4) is 0 Å². The Kier molecular flexibility index (Phi) is 63.0. The Morgan fingerprint density at radius 3 is 0.769 bits per heavy atom. The smallest absolute Gasteiger partial charge is 0.306 e. The second kappa shape index (κ2) is 66.8. The fourth-order valence-corrected chi connectivity index (χ4v) is 8.60. The first-order valence-electron chi connectivity index (χ1n) is 32.0. The molecule has 1 N–H and O–H groups in total. The molecule has 5 heteroatoms. The number of unbranched alkanes of at least 4 members (excludes halogenated alkanes) is 23. The van der Waals surface area contributed by atoms with Crippen LogP contribution in [-0.4, -0.2) is 36.4 Å². The predicted octanol–water partition coefficient (Wildman–Crippen LogP) is 22.3. The first-order valence-corrected chi connectivity index (χ1v) is 32.0. The number of allylic oxidation sites excluding steroid dienone is 26. The maximum absolute atomic E-state index is 12.3. The Balaban J connectivity index is 3.55. The van der Waals surface area contributed by atoms with Crippen molar-refractivity contribution < 1.29 is 24.2 Å². The molecule has 0 fully saturated rings. The predicted molar refractivity (Wildman–Crippen MR) is 343 cm³/mol. The maximum Gasteiger partial charge on any atom is 0.306 e. The van der Waals surface area contributed by atoms with E-state index in [2.05, 4.69) is 172 Å². The van der Waals surface area contributed by atoms with Gasteiger partial charge in [-0.05, 0) is 122 Å². The fraction of sp³-hybridized carbons (Fsp3) is 0.616. The molecule has 0 aliphatic heterocycles. The van der Waals surface area contributed by atoms with Crippen molar-refractivity contribution in [1.82, 2.24) is 0 Å². The highest BCUT2D eigenvalue weighted by Crippen LogP contribution is 2.16. The van der Waals surface area contributed by atoms with Gasteiger partial charge in [0.2, 0.25) is 0 Å². The van der Waals surface area contributed by atoms with Crippen LogP contribution in [0.5, 0.6) is 0 Å². The Morgan fingerprint density at radius 1 is 0.295 bits per heavy atom. The average Bonchev–Trinajstić information content (AvgIpc) is 3.44.